The molecule has 1 N–H and O–H groups in total. The van der Waals surface area contributed by atoms with Gasteiger partial charge >= 0.3 is 0 Å². The van der Waals surface area contributed by atoms with E-state index in [1.165, 1.54) is 0 Å². The van der Waals surface area contributed by atoms with Crippen molar-refractivity contribution in [2.75, 3.05) is 0 Å². The number of hydrogen-bond acceptors (Lipinski definition) is 1. The molecule has 0 aliphatic rings. The monoisotopic (exact) mass is 170 g/mol. The average Bonchev–Trinajstić information content (AvgIpc) is 1.83. The second kappa shape index (κ2) is 4.66. The summed E-state index contributed by atoms with van der Waals surface area (Å²) < 4.78 is 0. The van der Waals surface area contributed by atoms with Crippen molar-refractivity contribution in [3.8, 4) is 0 Å². The maximum absolute atomic E-state index is 9.94. The molecule has 72 valence electrons. The van der Waals surface area contributed by atoms with E-state index in [0.717, 1.165) is 12.8 Å². The van der Waals surface area contributed by atoms with Gasteiger partial charge in [-0.25, -0.2) is 0 Å². The highest BCUT2D eigenvalue weighted by Gasteiger charge is 2.23. The Morgan fingerprint density at radius 1 is 1.33 bits per heavy atom. The molecule has 0 saturated heterocycles. The zero-order valence-electron chi connectivity index (χ0n) is 8.80. The second-order valence-corrected chi connectivity index (χ2v) is 4.51. The molecule has 1 nitrogen and oxygen atoms in total. The van der Waals surface area contributed by atoms with Crippen LogP contribution in [0.4, 0.5) is 0 Å². The summed E-state index contributed by atoms with van der Waals surface area (Å²) in [6.45, 7) is 12.0. The molecule has 0 bridgehead atoms. The Bertz CT molecular complexity index is 136. The molecule has 0 amide bonds. The zero-order valence-corrected chi connectivity index (χ0v) is 8.80. The Hall–Kier alpha value is -0.300. The van der Waals surface area contributed by atoms with Crippen molar-refractivity contribution >= 4 is 0 Å². The summed E-state index contributed by atoms with van der Waals surface area (Å²) in [7, 11) is 0. The van der Waals surface area contributed by atoms with Gasteiger partial charge in [-0.2, -0.15) is 0 Å². The lowest BCUT2D eigenvalue weighted by molar-refractivity contribution is 0.0215. The number of hydrogen-bond donors (Lipinski definition) is 1. The van der Waals surface area contributed by atoms with Gasteiger partial charge in [-0.1, -0.05) is 26.8 Å². The zero-order chi connectivity index (χ0) is 9.78. The highest BCUT2D eigenvalue weighted by atomic mass is 16.3. The highest BCUT2D eigenvalue weighted by Crippen LogP contribution is 2.24. The first-order chi connectivity index (χ1) is 5.37. The molecule has 0 radical (unpaired) electrons. The average molecular weight is 170 g/mol. The van der Waals surface area contributed by atoms with Crippen LogP contribution in [0.1, 0.15) is 40.5 Å². The molecule has 0 aliphatic heterocycles. The van der Waals surface area contributed by atoms with Crippen molar-refractivity contribution in [1.29, 1.82) is 0 Å². The molecular weight excluding hydrogens is 148 g/mol. The molecule has 0 heterocycles. The van der Waals surface area contributed by atoms with Crippen LogP contribution in [0.3, 0.4) is 0 Å². The largest absolute Gasteiger partial charge is 0.390 e. The Labute approximate surface area is 76.5 Å². The van der Waals surface area contributed by atoms with Gasteiger partial charge in [0.25, 0.3) is 0 Å². The molecule has 0 aromatic rings. The van der Waals surface area contributed by atoms with Crippen LogP contribution in [-0.2, 0) is 0 Å². The number of rotatable bonds is 5. The van der Waals surface area contributed by atoms with E-state index >= 15 is 0 Å². The van der Waals surface area contributed by atoms with Crippen molar-refractivity contribution in [2.45, 2.75) is 46.1 Å². The smallest absolute Gasteiger partial charge is 0.0627 e. The van der Waals surface area contributed by atoms with E-state index in [-0.39, 0.29) is 0 Å². The Morgan fingerprint density at radius 3 is 2.17 bits per heavy atom. The number of allylic oxidation sites excluding steroid dienone is 1. The summed E-state index contributed by atoms with van der Waals surface area (Å²) in [5, 5.41) is 9.94. The molecule has 1 heteroatoms. The van der Waals surface area contributed by atoms with E-state index in [2.05, 4.69) is 27.4 Å². The minimum Gasteiger partial charge on any atom is -0.390 e. The van der Waals surface area contributed by atoms with E-state index in [9.17, 15) is 5.11 Å². The van der Waals surface area contributed by atoms with Gasteiger partial charge in [0.15, 0.2) is 0 Å². The molecule has 0 aromatic carbocycles. The van der Waals surface area contributed by atoms with Crippen LogP contribution >= 0.6 is 0 Å². The molecule has 0 saturated carbocycles. The topological polar surface area (TPSA) is 20.2 Å². The first kappa shape index (κ1) is 11.7. The summed E-state index contributed by atoms with van der Waals surface area (Å²) >= 11 is 0. The lowest BCUT2D eigenvalue weighted by Crippen LogP contribution is -2.28. The lowest BCUT2D eigenvalue weighted by atomic mass is 9.86. The standard InChI is InChI=1S/C11H22O/c1-6-10(4)8-11(5,12)7-9(2)3/h6,9-10,12H,1,7-8H2,2-5H3. The van der Waals surface area contributed by atoms with Crippen LogP contribution < -0.4 is 0 Å². The Balaban J connectivity index is 3.93. The van der Waals surface area contributed by atoms with Crippen LogP contribution in [0.15, 0.2) is 12.7 Å². The quantitative estimate of drug-likeness (QED) is 0.629. The maximum atomic E-state index is 9.94. The van der Waals surface area contributed by atoms with Gasteiger partial charge in [-0.3, -0.25) is 0 Å². The first-order valence-corrected chi connectivity index (χ1v) is 4.72. The van der Waals surface area contributed by atoms with Gasteiger partial charge in [-0.15, -0.1) is 6.58 Å². The Kier molecular flexibility index (Phi) is 4.54. The Morgan fingerprint density at radius 2 is 1.83 bits per heavy atom. The third-order valence-corrected chi connectivity index (χ3v) is 2.01. The molecule has 12 heavy (non-hydrogen) atoms. The lowest BCUT2D eigenvalue weighted by Gasteiger charge is -2.27. The molecule has 0 spiro atoms. The van der Waals surface area contributed by atoms with Gasteiger partial charge in [0.2, 0.25) is 0 Å². The fraction of sp³-hybridized carbons (Fsp3) is 0.818. The van der Waals surface area contributed by atoms with Crippen LogP contribution in [0.2, 0.25) is 0 Å². The molecule has 0 fully saturated rings. The van der Waals surface area contributed by atoms with E-state index in [4.69, 9.17) is 0 Å². The molecule has 2 atom stereocenters. The van der Waals surface area contributed by atoms with E-state index < -0.39 is 5.60 Å². The third kappa shape index (κ3) is 5.36. The molecule has 0 aromatic heterocycles. The molecule has 0 aliphatic carbocycles. The van der Waals surface area contributed by atoms with Crippen molar-refractivity contribution in [1.82, 2.24) is 0 Å². The summed E-state index contributed by atoms with van der Waals surface area (Å²) in [5.74, 6) is 0.954. The van der Waals surface area contributed by atoms with E-state index in [1.54, 1.807) is 0 Å². The van der Waals surface area contributed by atoms with E-state index in [1.807, 2.05) is 13.0 Å². The van der Waals surface area contributed by atoms with Crippen molar-refractivity contribution in [3.05, 3.63) is 12.7 Å². The normalized spacial score (nSPS) is 18.8. The first-order valence-electron chi connectivity index (χ1n) is 4.72. The second-order valence-electron chi connectivity index (χ2n) is 4.51. The van der Waals surface area contributed by atoms with Gasteiger partial charge in [-0.05, 0) is 31.6 Å². The molecule has 0 rings (SSSR count). The van der Waals surface area contributed by atoms with E-state index in [0.29, 0.717) is 11.8 Å². The minimum absolute atomic E-state index is 0.402. The fourth-order valence-electron chi connectivity index (χ4n) is 1.74. The minimum atomic E-state index is -0.526. The van der Waals surface area contributed by atoms with Crippen LogP contribution in [0.5, 0.6) is 0 Å². The maximum Gasteiger partial charge on any atom is 0.0627 e. The summed E-state index contributed by atoms with van der Waals surface area (Å²) in [4.78, 5) is 0. The predicted octanol–water partition coefficient (Wildman–Crippen LogP) is 3.00. The fourth-order valence-corrected chi connectivity index (χ4v) is 1.74. The molecule has 2 unspecified atom stereocenters. The van der Waals surface area contributed by atoms with Gasteiger partial charge in [0.1, 0.15) is 0 Å². The van der Waals surface area contributed by atoms with Gasteiger partial charge in [0, 0.05) is 0 Å². The summed E-state index contributed by atoms with van der Waals surface area (Å²) in [5.41, 5.74) is -0.526. The van der Waals surface area contributed by atoms with Gasteiger partial charge in [0.05, 0.1) is 5.60 Å². The van der Waals surface area contributed by atoms with Crippen molar-refractivity contribution < 1.29 is 5.11 Å². The summed E-state index contributed by atoms with van der Waals surface area (Å²) in [6.07, 6.45) is 3.58. The van der Waals surface area contributed by atoms with Crippen LogP contribution in [0, 0.1) is 11.8 Å². The predicted molar refractivity (Wildman–Crippen MR) is 54.1 cm³/mol. The van der Waals surface area contributed by atoms with Crippen LogP contribution in [0.25, 0.3) is 0 Å². The third-order valence-electron chi connectivity index (χ3n) is 2.01. The van der Waals surface area contributed by atoms with Gasteiger partial charge < -0.3 is 5.11 Å². The van der Waals surface area contributed by atoms with Crippen molar-refractivity contribution in [3.63, 3.8) is 0 Å². The molecular formula is C11H22O. The highest BCUT2D eigenvalue weighted by molar-refractivity contribution is 4.84. The van der Waals surface area contributed by atoms with Crippen molar-refractivity contribution in [2.24, 2.45) is 11.8 Å². The summed E-state index contributed by atoms with van der Waals surface area (Å²) in [6, 6.07) is 0. The van der Waals surface area contributed by atoms with Crippen LogP contribution in [-0.4, -0.2) is 10.7 Å². The number of aliphatic hydroxyl groups is 1. The SMILES string of the molecule is C=CC(C)CC(C)(O)CC(C)C.